The first-order chi connectivity index (χ1) is 4.20. The average molecular weight is 156 g/mol. The molecule has 0 bridgehead atoms. The van der Waals surface area contributed by atoms with Crippen LogP contribution in [0, 0.1) is 0 Å². The Balaban J connectivity index is -0.000000320. The second kappa shape index (κ2) is 7.17. The number of ether oxygens (including phenoxy) is 1. The van der Waals surface area contributed by atoms with E-state index >= 15 is 0 Å². The van der Waals surface area contributed by atoms with Crippen LogP contribution in [0.3, 0.4) is 0 Å². The zero-order valence-electron chi connectivity index (χ0n) is 6.79. The number of esters is 2. The molecule has 4 N–H and O–H groups in total. The van der Waals surface area contributed by atoms with Crippen molar-refractivity contribution in [2.45, 2.75) is 0 Å². The Morgan fingerprint density at radius 3 is 1.70 bits per heavy atom. The molecule has 0 heterocycles. The van der Waals surface area contributed by atoms with Crippen molar-refractivity contribution < 1.29 is 45.3 Å². The van der Waals surface area contributed by atoms with Crippen molar-refractivity contribution >= 4 is 11.9 Å². The largest absolute Gasteiger partial charge is 1.00 e. The first-order valence-electron chi connectivity index (χ1n) is 2.34. The summed E-state index contributed by atoms with van der Waals surface area (Å²) in [6.45, 7) is -0.600. The molecule has 0 unspecified atom stereocenters. The van der Waals surface area contributed by atoms with Gasteiger partial charge in [-0.2, -0.15) is 0 Å². The van der Waals surface area contributed by atoms with Crippen molar-refractivity contribution in [1.29, 1.82) is 0 Å². The Labute approximate surface area is 81.8 Å². The molecule has 0 aliphatic carbocycles. The maximum atomic E-state index is 10.2. The molecule has 0 aliphatic heterocycles. The fourth-order valence-electron chi connectivity index (χ4n) is 0.210. The van der Waals surface area contributed by atoms with Gasteiger partial charge >= 0.3 is 41.5 Å². The van der Waals surface area contributed by atoms with Gasteiger partial charge in [-0.3, -0.25) is 9.59 Å². The van der Waals surface area contributed by atoms with Crippen LogP contribution in [0.2, 0.25) is 0 Å². The molecule has 5 nitrogen and oxygen atoms in total. The average Bonchev–Trinajstić information content (AvgIpc) is 1.87. The van der Waals surface area contributed by atoms with Gasteiger partial charge in [-0.1, -0.05) is 0 Å². The van der Waals surface area contributed by atoms with Gasteiger partial charge in [0, 0.05) is 0 Å². The maximum Gasteiger partial charge on any atom is 1.00 e. The first kappa shape index (κ1) is 12.7. The summed E-state index contributed by atoms with van der Waals surface area (Å²) < 4.78 is 4.02. The van der Waals surface area contributed by atoms with Gasteiger partial charge in [0.2, 0.25) is 0 Å². The molecule has 0 saturated heterocycles. The second-order valence-corrected chi connectivity index (χ2v) is 1.25. The molecule has 0 fully saturated rings. The van der Waals surface area contributed by atoms with Crippen LogP contribution in [0.1, 0.15) is 1.43 Å². The number of carbonyl (C=O) groups excluding carboxylic acids is 2. The molecule has 0 radical (unpaired) electrons. The summed E-state index contributed by atoms with van der Waals surface area (Å²) in [6, 6.07) is 0. The van der Waals surface area contributed by atoms with Gasteiger partial charge in [0.25, 0.3) is 0 Å². The van der Waals surface area contributed by atoms with Gasteiger partial charge in [0.15, 0.2) is 0 Å². The molecular weight excluding hydrogens is 147 g/mol. The smallest absolute Gasteiger partial charge is 1.00 e. The molecule has 0 aliphatic rings. The van der Waals surface area contributed by atoms with Crippen LogP contribution < -0.4 is 41.0 Å². The minimum Gasteiger partial charge on any atom is -1.00 e. The third-order valence-corrected chi connectivity index (χ3v) is 0.561. The Bertz CT molecular complexity index is 119. The predicted molar refractivity (Wildman–Crippen MR) is 30.3 cm³/mol. The van der Waals surface area contributed by atoms with Crippen LogP contribution in [-0.2, 0) is 14.3 Å². The van der Waals surface area contributed by atoms with E-state index in [2.05, 4.69) is 4.74 Å². The molecule has 0 spiro atoms. The van der Waals surface area contributed by atoms with Crippen molar-refractivity contribution in [3.05, 3.63) is 0 Å². The summed E-state index contributed by atoms with van der Waals surface area (Å²) in [5, 5.41) is 0. The molecule has 10 heavy (non-hydrogen) atoms. The topological polar surface area (TPSA) is 95.4 Å². The molecular formula is C4H9N2NaO3. The zero-order valence-corrected chi connectivity index (χ0v) is 7.79. The van der Waals surface area contributed by atoms with Gasteiger partial charge in [0.1, 0.15) is 0 Å². The summed E-state index contributed by atoms with van der Waals surface area (Å²) in [4.78, 5) is 20.3. The zero-order chi connectivity index (χ0) is 7.28. The van der Waals surface area contributed by atoms with Gasteiger partial charge in [-0.15, -0.1) is 0 Å². The van der Waals surface area contributed by atoms with E-state index in [0.29, 0.717) is 0 Å². The Hall–Kier alpha value is 0.0600. The SMILES string of the molecule is NCC(=O)OC(=O)CN.[H-].[Na+]. The van der Waals surface area contributed by atoms with Crippen molar-refractivity contribution in [3.8, 4) is 0 Å². The van der Waals surface area contributed by atoms with Gasteiger partial charge in [-0.05, 0) is 0 Å². The normalized spacial score (nSPS) is 7.80. The fourth-order valence-corrected chi connectivity index (χ4v) is 0.210. The van der Waals surface area contributed by atoms with Crippen molar-refractivity contribution in [3.63, 3.8) is 0 Å². The Morgan fingerprint density at radius 1 is 1.20 bits per heavy atom. The number of rotatable bonds is 2. The van der Waals surface area contributed by atoms with Crippen LogP contribution in [0.25, 0.3) is 0 Å². The summed E-state index contributed by atoms with van der Waals surface area (Å²) in [5.41, 5.74) is 9.61. The molecule has 54 valence electrons. The van der Waals surface area contributed by atoms with E-state index in [1.54, 1.807) is 0 Å². The second-order valence-electron chi connectivity index (χ2n) is 1.25. The van der Waals surface area contributed by atoms with E-state index in [-0.39, 0.29) is 44.1 Å². The summed E-state index contributed by atoms with van der Waals surface area (Å²) in [5.74, 6) is -1.52. The standard InChI is InChI=1S/C4H8N2O3.Na.H/c5-1-3(7)9-4(8)2-6;;/h1-2,5-6H2;;/q;+1;-1. The molecule has 6 heteroatoms. The van der Waals surface area contributed by atoms with Crippen LogP contribution >= 0.6 is 0 Å². The summed E-state index contributed by atoms with van der Waals surface area (Å²) >= 11 is 0. The van der Waals surface area contributed by atoms with E-state index in [0.717, 1.165) is 0 Å². The van der Waals surface area contributed by atoms with Gasteiger partial charge in [0.05, 0.1) is 13.1 Å². The number of carbonyl (C=O) groups is 2. The first-order valence-corrected chi connectivity index (χ1v) is 2.34. The minimum atomic E-state index is -0.759. The van der Waals surface area contributed by atoms with Crippen LogP contribution in [0.5, 0.6) is 0 Å². The monoisotopic (exact) mass is 156 g/mol. The maximum absolute atomic E-state index is 10.2. The molecule has 0 atom stereocenters. The van der Waals surface area contributed by atoms with Crippen LogP contribution in [0.4, 0.5) is 0 Å². The van der Waals surface area contributed by atoms with Gasteiger partial charge < -0.3 is 17.6 Å². The molecule has 0 rings (SSSR count). The Kier molecular flexibility index (Phi) is 9.11. The molecule has 0 amide bonds. The summed E-state index contributed by atoms with van der Waals surface area (Å²) in [6.07, 6.45) is 0. The molecule has 0 aromatic heterocycles. The van der Waals surface area contributed by atoms with E-state index in [9.17, 15) is 9.59 Å². The third kappa shape index (κ3) is 6.18. The molecule has 0 aromatic carbocycles. The van der Waals surface area contributed by atoms with Gasteiger partial charge in [-0.25, -0.2) is 0 Å². The quantitative estimate of drug-likeness (QED) is 0.237. The number of hydrogen-bond donors (Lipinski definition) is 2. The van der Waals surface area contributed by atoms with Crippen LogP contribution in [-0.4, -0.2) is 25.0 Å². The van der Waals surface area contributed by atoms with E-state index in [1.807, 2.05) is 0 Å². The molecule has 0 aromatic rings. The van der Waals surface area contributed by atoms with E-state index in [1.165, 1.54) is 0 Å². The number of nitrogens with two attached hydrogens (primary N) is 2. The summed E-state index contributed by atoms with van der Waals surface area (Å²) in [7, 11) is 0. The van der Waals surface area contributed by atoms with E-state index in [4.69, 9.17) is 11.5 Å². The van der Waals surface area contributed by atoms with E-state index < -0.39 is 11.9 Å². The van der Waals surface area contributed by atoms with Crippen molar-refractivity contribution in [2.24, 2.45) is 11.5 Å². The van der Waals surface area contributed by atoms with Crippen molar-refractivity contribution in [2.75, 3.05) is 13.1 Å². The number of hydrogen-bond acceptors (Lipinski definition) is 5. The predicted octanol–water partition coefficient (Wildman–Crippen LogP) is -4.91. The fraction of sp³-hybridized carbons (Fsp3) is 0.500. The minimum absolute atomic E-state index is 0. The van der Waals surface area contributed by atoms with Crippen LogP contribution in [0.15, 0.2) is 0 Å². The third-order valence-electron chi connectivity index (χ3n) is 0.561. The van der Waals surface area contributed by atoms with Crippen molar-refractivity contribution in [1.82, 2.24) is 0 Å². The Morgan fingerprint density at radius 2 is 1.50 bits per heavy atom. The molecule has 0 saturated carbocycles.